The average Bonchev–Trinajstić information content (AvgIpc) is 2.49. The molecule has 3 N–H and O–H groups in total. The van der Waals surface area contributed by atoms with Crippen molar-refractivity contribution in [3.8, 4) is 17.2 Å². The van der Waals surface area contributed by atoms with E-state index in [2.05, 4.69) is 0 Å². The minimum absolute atomic E-state index is 0.0162. The lowest BCUT2D eigenvalue weighted by molar-refractivity contribution is 0.0937. The van der Waals surface area contributed by atoms with Gasteiger partial charge in [0, 0.05) is 24.8 Å². The number of Topliss-reactive ketones (excluding diaryl/α,β-unsaturated/α-hetero) is 3. The van der Waals surface area contributed by atoms with E-state index in [4.69, 9.17) is 0 Å². The normalized spacial score (nSPS) is 10.4. The number of hydrogen-bond donors (Lipinski definition) is 3. The molecule has 114 valence electrons. The molecule has 1 rings (SSSR count). The summed E-state index contributed by atoms with van der Waals surface area (Å²) in [6.07, 6.45) is -0.0688. The summed E-state index contributed by atoms with van der Waals surface area (Å²) in [5.74, 6) is -4.45. The van der Waals surface area contributed by atoms with Gasteiger partial charge in [-0.15, -0.1) is 0 Å². The highest BCUT2D eigenvalue weighted by atomic mass is 16.3. The Balaban J connectivity index is 3.94. The van der Waals surface area contributed by atoms with Crippen molar-refractivity contribution in [2.45, 2.75) is 40.0 Å². The van der Waals surface area contributed by atoms with Crippen molar-refractivity contribution in [1.29, 1.82) is 0 Å². The number of phenols is 3. The van der Waals surface area contributed by atoms with Gasteiger partial charge >= 0.3 is 0 Å². The Morgan fingerprint density at radius 1 is 0.619 bits per heavy atom. The molecule has 0 aliphatic carbocycles. The molecule has 0 spiro atoms. The summed E-state index contributed by atoms with van der Waals surface area (Å²) in [4.78, 5) is 36.1. The second-order valence-electron chi connectivity index (χ2n) is 4.50. The van der Waals surface area contributed by atoms with Crippen molar-refractivity contribution < 1.29 is 29.7 Å². The molecule has 0 aliphatic heterocycles. The smallest absolute Gasteiger partial charge is 0.201 e. The molecule has 0 aliphatic rings. The third kappa shape index (κ3) is 2.74. The van der Waals surface area contributed by atoms with Crippen molar-refractivity contribution in [3.05, 3.63) is 16.7 Å². The van der Waals surface area contributed by atoms with Crippen LogP contribution in [0.2, 0.25) is 0 Å². The van der Waals surface area contributed by atoms with E-state index >= 15 is 0 Å². The minimum Gasteiger partial charge on any atom is -0.504 e. The number of hydrogen-bond acceptors (Lipinski definition) is 6. The lowest BCUT2D eigenvalue weighted by atomic mass is 9.88. The van der Waals surface area contributed by atoms with Gasteiger partial charge in [0.2, 0.25) is 5.75 Å². The van der Waals surface area contributed by atoms with Crippen LogP contribution in [0.3, 0.4) is 0 Å². The maximum absolute atomic E-state index is 12.1. The van der Waals surface area contributed by atoms with Gasteiger partial charge in [-0.3, -0.25) is 14.4 Å². The van der Waals surface area contributed by atoms with Crippen LogP contribution in [0, 0.1) is 0 Å². The van der Waals surface area contributed by atoms with Crippen LogP contribution in [0.25, 0.3) is 0 Å². The number of rotatable bonds is 6. The summed E-state index contributed by atoms with van der Waals surface area (Å²) in [7, 11) is 0. The van der Waals surface area contributed by atoms with Gasteiger partial charge < -0.3 is 15.3 Å². The quantitative estimate of drug-likeness (QED) is 0.549. The molecule has 0 fully saturated rings. The molecule has 21 heavy (non-hydrogen) atoms. The molecule has 0 radical (unpaired) electrons. The first-order chi connectivity index (χ1) is 9.81. The fraction of sp³-hybridized carbons (Fsp3) is 0.400. The van der Waals surface area contributed by atoms with Gasteiger partial charge in [-0.2, -0.15) is 0 Å². The van der Waals surface area contributed by atoms with Crippen LogP contribution < -0.4 is 0 Å². The molecule has 1 aromatic carbocycles. The lowest BCUT2D eigenvalue weighted by Gasteiger charge is -2.16. The minimum atomic E-state index is -0.962. The maximum Gasteiger partial charge on any atom is 0.201 e. The largest absolute Gasteiger partial charge is 0.504 e. The SMILES string of the molecule is CCC(=O)c1c(O)c(O)c(O)c(C(=O)CC)c1C(=O)CC. The van der Waals surface area contributed by atoms with E-state index < -0.39 is 45.7 Å². The monoisotopic (exact) mass is 294 g/mol. The molecular weight excluding hydrogens is 276 g/mol. The zero-order valence-electron chi connectivity index (χ0n) is 12.2. The molecule has 0 saturated carbocycles. The van der Waals surface area contributed by atoms with E-state index in [1.807, 2.05) is 0 Å². The van der Waals surface area contributed by atoms with Gasteiger partial charge in [-0.05, 0) is 0 Å². The highest BCUT2D eigenvalue weighted by molar-refractivity contribution is 6.18. The zero-order chi connectivity index (χ0) is 16.3. The standard InChI is InChI=1S/C15H18O6/c1-4-7(16)10-11(8(17)5-2)13(19)15(21)14(20)12(10)9(18)6-3/h19-21H,4-6H2,1-3H3. The Morgan fingerprint density at radius 3 is 1.19 bits per heavy atom. The molecule has 0 amide bonds. The van der Waals surface area contributed by atoms with Crippen molar-refractivity contribution in [2.75, 3.05) is 0 Å². The molecule has 0 heterocycles. The van der Waals surface area contributed by atoms with Crippen molar-refractivity contribution in [3.63, 3.8) is 0 Å². The summed E-state index contributed by atoms with van der Waals surface area (Å²) in [5.41, 5.74) is -1.13. The molecule has 0 atom stereocenters. The maximum atomic E-state index is 12.1. The Labute approximate surface area is 122 Å². The predicted molar refractivity (Wildman–Crippen MR) is 75.3 cm³/mol. The first-order valence-electron chi connectivity index (χ1n) is 6.72. The van der Waals surface area contributed by atoms with Crippen molar-refractivity contribution in [2.24, 2.45) is 0 Å². The van der Waals surface area contributed by atoms with E-state index in [9.17, 15) is 29.7 Å². The second kappa shape index (κ2) is 6.39. The van der Waals surface area contributed by atoms with Crippen LogP contribution in [0.1, 0.15) is 71.1 Å². The summed E-state index contributed by atoms with van der Waals surface area (Å²) < 4.78 is 0. The molecule has 6 heteroatoms. The van der Waals surface area contributed by atoms with Gasteiger partial charge in [-0.1, -0.05) is 20.8 Å². The number of carbonyl (C=O) groups excluding carboxylic acids is 3. The van der Waals surface area contributed by atoms with Crippen LogP contribution in [-0.4, -0.2) is 32.7 Å². The van der Waals surface area contributed by atoms with E-state index in [-0.39, 0.29) is 24.8 Å². The molecule has 6 nitrogen and oxygen atoms in total. The summed E-state index contributed by atoms with van der Waals surface area (Å²) in [6, 6.07) is 0. The van der Waals surface area contributed by atoms with Gasteiger partial charge in [0.05, 0.1) is 11.1 Å². The predicted octanol–water partition coefficient (Wildman–Crippen LogP) is 2.58. The number of ketones is 3. The average molecular weight is 294 g/mol. The molecule has 0 aromatic heterocycles. The zero-order valence-corrected chi connectivity index (χ0v) is 12.2. The number of carbonyl (C=O) groups is 3. The van der Waals surface area contributed by atoms with Gasteiger partial charge in [0.15, 0.2) is 28.8 Å². The van der Waals surface area contributed by atoms with E-state index in [0.29, 0.717) is 0 Å². The van der Waals surface area contributed by atoms with Gasteiger partial charge in [-0.25, -0.2) is 0 Å². The molecular formula is C15H18O6. The summed E-state index contributed by atoms with van der Waals surface area (Å²) in [6.45, 7) is 4.57. The second-order valence-corrected chi connectivity index (χ2v) is 4.50. The van der Waals surface area contributed by atoms with Crippen LogP contribution in [0.4, 0.5) is 0 Å². The Kier molecular flexibility index (Phi) is 5.07. The third-order valence-corrected chi connectivity index (χ3v) is 3.22. The van der Waals surface area contributed by atoms with Crippen LogP contribution in [0.15, 0.2) is 0 Å². The van der Waals surface area contributed by atoms with Crippen molar-refractivity contribution >= 4 is 17.3 Å². The first kappa shape index (κ1) is 16.7. The third-order valence-electron chi connectivity index (χ3n) is 3.22. The summed E-state index contributed by atoms with van der Waals surface area (Å²) >= 11 is 0. The lowest BCUT2D eigenvalue weighted by Crippen LogP contribution is -2.15. The fourth-order valence-corrected chi connectivity index (χ4v) is 2.06. The summed E-state index contributed by atoms with van der Waals surface area (Å²) in [5, 5.41) is 29.5. The topological polar surface area (TPSA) is 112 Å². The van der Waals surface area contributed by atoms with E-state index in [0.717, 1.165) is 0 Å². The van der Waals surface area contributed by atoms with E-state index in [1.165, 1.54) is 20.8 Å². The molecule has 1 aromatic rings. The van der Waals surface area contributed by atoms with Gasteiger partial charge in [0.25, 0.3) is 0 Å². The fourth-order valence-electron chi connectivity index (χ4n) is 2.06. The Hall–Kier alpha value is -2.37. The highest BCUT2D eigenvalue weighted by Crippen LogP contribution is 2.44. The van der Waals surface area contributed by atoms with Crippen molar-refractivity contribution in [1.82, 2.24) is 0 Å². The molecule has 0 unspecified atom stereocenters. The molecule has 0 saturated heterocycles. The number of aromatic hydroxyl groups is 3. The Morgan fingerprint density at radius 2 is 0.905 bits per heavy atom. The highest BCUT2D eigenvalue weighted by Gasteiger charge is 2.32. The first-order valence-corrected chi connectivity index (χ1v) is 6.72. The number of benzene rings is 1. The Bertz CT molecular complexity index is 572. The number of phenolic OH excluding ortho intramolecular Hbond substituents is 3. The van der Waals surface area contributed by atoms with Gasteiger partial charge in [0.1, 0.15) is 0 Å². The van der Waals surface area contributed by atoms with Crippen LogP contribution in [0.5, 0.6) is 17.2 Å². The van der Waals surface area contributed by atoms with Crippen LogP contribution in [-0.2, 0) is 0 Å². The van der Waals surface area contributed by atoms with E-state index in [1.54, 1.807) is 0 Å². The van der Waals surface area contributed by atoms with Crippen LogP contribution >= 0.6 is 0 Å². The molecule has 0 bridgehead atoms.